The molecule has 7 heteroatoms. The molecule has 3 aromatic rings. The minimum atomic E-state index is -1.35. The molecule has 0 unspecified atom stereocenters. The van der Waals surface area contributed by atoms with Crippen LogP contribution in [-0.2, 0) is 4.79 Å². The van der Waals surface area contributed by atoms with Gasteiger partial charge < -0.3 is 20.0 Å². The predicted molar refractivity (Wildman–Crippen MR) is 96.4 cm³/mol. The monoisotopic (exact) mass is 367 g/mol. The van der Waals surface area contributed by atoms with Gasteiger partial charge in [-0.05, 0) is 43.3 Å². The molecule has 1 heterocycles. The van der Waals surface area contributed by atoms with Crippen molar-refractivity contribution in [1.82, 2.24) is 4.98 Å². The van der Waals surface area contributed by atoms with Crippen LogP contribution in [0.15, 0.2) is 60.0 Å². The van der Waals surface area contributed by atoms with Crippen LogP contribution in [0.5, 0.6) is 11.5 Å². The topological polar surface area (TPSA) is 91.3 Å². The Bertz CT molecular complexity index is 907. The number of carbonyl (C=O) groups excluding carboxylic acids is 2. The first-order valence-corrected chi connectivity index (χ1v) is 8.71. The number of nitrogens with one attached hydrogen (secondary N) is 1. The smallest absolute Gasteiger partial charge is 0.234 e. The summed E-state index contributed by atoms with van der Waals surface area (Å²) in [4.78, 5) is 27.0. The van der Waals surface area contributed by atoms with Gasteiger partial charge in [-0.25, -0.2) is 4.98 Å². The third kappa shape index (κ3) is 4.25. The molecule has 0 aliphatic heterocycles. The van der Waals surface area contributed by atoms with Crippen molar-refractivity contribution < 1.29 is 19.4 Å². The molecule has 2 aromatic carbocycles. The zero-order valence-corrected chi connectivity index (χ0v) is 14.7. The summed E-state index contributed by atoms with van der Waals surface area (Å²) in [5, 5.41) is 15.3. The van der Waals surface area contributed by atoms with Crippen LogP contribution in [0.4, 0.5) is 5.69 Å². The summed E-state index contributed by atoms with van der Waals surface area (Å²) in [6.45, 7) is 1.67. The number of para-hydroxylation sites is 1. The third-order valence-electron chi connectivity index (χ3n) is 3.60. The van der Waals surface area contributed by atoms with E-state index in [4.69, 9.17) is 4.74 Å². The number of thiazole rings is 1. The molecule has 0 bridgehead atoms. The summed E-state index contributed by atoms with van der Waals surface area (Å²) in [6.07, 6.45) is 0. The maximum absolute atomic E-state index is 12.3. The van der Waals surface area contributed by atoms with Gasteiger partial charge in [-0.3, -0.25) is 4.79 Å². The molecule has 26 heavy (non-hydrogen) atoms. The second-order valence-corrected chi connectivity index (χ2v) is 6.40. The summed E-state index contributed by atoms with van der Waals surface area (Å²) >= 11 is 1.12. The molecule has 132 valence electrons. The van der Waals surface area contributed by atoms with Gasteiger partial charge in [0.25, 0.3) is 0 Å². The molecule has 1 amide bonds. The van der Waals surface area contributed by atoms with Gasteiger partial charge >= 0.3 is 0 Å². The molecule has 3 rings (SSSR count). The molecule has 6 nitrogen and oxygen atoms in total. The Morgan fingerprint density at radius 3 is 2.35 bits per heavy atom. The van der Waals surface area contributed by atoms with Gasteiger partial charge in [-0.15, -0.1) is 11.3 Å². The van der Waals surface area contributed by atoms with E-state index >= 15 is 0 Å². The molecule has 0 radical (unpaired) electrons. The highest BCUT2D eigenvalue weighted by Gasteiger charge is 2.19. The fourth-order valence-corrected chi connectivity index (χ4v) is 3.02. The standard InChI is InChI=1S/C19H16N2O4S/c1-12(18-21-16(11-26-18)19(23)24)17(22)20-13-7-9-15(10-8-13)25-14-5-3-2-4-6-14/h2-12H,1H3,(H,20,22)(H,23,24)/p-1/t12-/m1/s1. The van der Waals surface area contributed by atoms with Crippen LogP contribution in [0, 0.1) is 0 Å². The van der Waals surface area contributed by atoms with Crippen LogP contribution in [0.25, 0.3) is 0 Å². The lowest BCUT2D eigenvalue weighted by molar-refractivity contribution is -0.255. The van der Waals surface area contributed by atoms with Gasteiger partial charge in [-0.2, -0.15) is 0 Å². The molecular weight excluding hydrogens is 352 g/mol. The number of aromatic nitrogens is 1. The fraction of sp³-hybridized carbons (Fsp3) is 0.105. The van der Waals surface area contributed by atoms with Gasteiger partial charge in [0.15, 0.2) is 0 Å². The van der Waals surface area contributed by atoms with E-state index in [1.165, 1.54) is 5.38 Å². The largest absolute Gasteiger partial charge is 0.543 e. The van der Waals surface area contributed by atoms with Crippen LogP contribution in [0.1, 0.15) is 28.3 Å². The first kappa shape index (κ1) is 17.6. The van der Waals surface area contributed by atoms with E-state index in [2.05, 4.69) is 10.3 Å². The van der Waals surface area contributed by atoms with Crippen LogP contribution in [-0.4, -0.2) is 16.9 Å². The highest BCUT2D eigenvalue weighted by Crippen LogP contribution is 2.25. The number of amides is 1. The highest BCUT2D eigenvalue weighted by atomic mass is 32.1. The Morgan fingerprint density at radius 1 is 1.08 bits per heavy atom. The number of hydrogen-bond acceptors (Lipinski definition) is 6. The minimum absolute atomic E-state index is 0.160. The lowest BCUT2D eigenvalue weighted by Crippen LogP contribution is -2.23. The second-order valence-electron chi connectivity index (χ2n) is 5.51. The Labute approximate surface area is 154 Å². The van der Waals surface area contributed by atoms with Crippen molar-refractivity contribution in [2.24, 2.45) is 0 Å². The Balaban J connectivity index is 1.62. The van der Waals surface area contributed by atoms with Crippen molar-refractivity contribution in [3.05, 3.63) is 70.7 Å². The number of carboxylic acid groups (broad SMARTS) is 1. The van der Waals surface area contributed by atoms with Crippen molar-refractivity contribution in [3.8, 4) is 11.5 Å². The summed E-state index contributed by atoms with van der Waals surface area (Å²) in [7, 11) is 0. The number of hydrogen-bond donors (Lipinski definition) is 1. The molecule has 1 atom stereocenters. The molecule has 1 aromatic heterocycles. The average Bonchev–Trinajstić information content (AvgIpc) is 3.14. The second kappa shape index (κ2) is 7.79. The number of carboxylic acids is 1. The molecule has 0 spiro atoms. The summed E-state index contributed by atoms with van der Waals surface area (Å²) in [6, 6.07) is 16.4. The Hall–Kier alpha value is -3.19. The van der Waals surface area contributed by atoms with Crippen molar-refractivity contribution in [3.63, 3.8) is 0 Å². The van der Waals surface area contributed by atoms with Gasteiger partial charge in [0.1, 0.15) is 16.5 Å². The first-order valence-electron chi connectivity index (χ1n) is 7.83. The number of anilines is 1. The number of aromatic carboxylic acids is 1. The molecule has 0 saturated carbocycles. The molecule has 1 N–H and O–H groups in total. The van der Waals surface area contributed by atoms with E-state index < -0.39 is 11.9 Å². The van der Waals surface area contributed by atoms with Crippen molar-refractivity contribution >= 4 is 28.9 Å². The lowest BCUT2D eigenvalue weighted by atomic mass is 10.1. The summed E-state index contributed by atoms with van der Waals surface area (Å²) in [5.74, 6) is -0.824. The SMILES string of the molecule is C[C@H](C(=O)Nc1ccc(Oc2ccccc2)cc1)c1nc(C(=O)[O-])cs1. The highest BCUT2D eigenvalue weighted by molar-refractivity contribution is 7.10. The van der Waals surface area contributed by atoms with Gasteiger partial charge in [0, 0.05) is 11.1 Å². The van der Waals surface area contributed by atoms with Gasteiger partial charge in [-0.1, -0.05) is 18.2 Å². The number of benzene rings is 2. The fourth-order valence-electron chi connectivity index (χ4n) is 2.17. The lowest BCUT2D eigenvalue weighted by Gasteiger charge is -2.11. The molecular formula is C19H15N2O4S-. The number of nitrogens with zero attached hydrogens (tertiary/aromatic N) is 1. The molecule has 0 saturated heterocycles. The van der Waals surface area contributed by atoms with E-state index in [1.54, 1.807) is 31.2 Å². The zero-order chi connectivity index (χ0) is 18.5. The number of rotatable bonds is 6. The van der Waals surface area contributed by atoms with E-state index in [0.29, 0.717) is 16.4 Å². The van der Waals surface area contributed by atoms with Gasteiger partial charge in [0.2, 0.25) is 5.91 Å². The van der Waals surface area contributed by atoms with Crippen LogP contribution in [0.2, 0.25) is 0 Å². The Morgan fingerprint density at radius 2 is 1.73 bits per heavy atom. The normalized spacial score (nSPS) is 11.6. The third-order valence-corrected chi connectivity index (χ3v) is 4.62. The predicted octanol–water partition coefficient (Wildman–Crippen LogP) is 3.04. The summed E-state index contributed by atoms with van der Waals surface area (Å²) in [5.41, 5.74) is 0.450. The zero-order valence-electron chi connectivity index (χ0n) is 13.8. The molecule has 0 aliphatic rings. The minimum Gasteiger partial charge on any atom is -0.543 e. The van der Waals surface area contributed by atoms with Crippen LogP contribution in [0.3, 0.4) is 0 Å². The first-order chi connectivity index (χ1) is 12.5. The van der Waals surface area contributed by atoms with E-state index in [-0.39, 0.29) is 11.6 Å². The van der Waals surface area contributed by atoms with Crippen molar-refractivity contribution in [2.45, 2.75) is 12.8 Å². The maximum atomic E-state index is 12.3. The molecule has 0 aliphatic carbocycles. The number of ether oxygens (including phenoxy) is 1. The van der Waals surface area contributed by atoms with Crippen LogP contribution < -0.4 is 15.2 Å². The molecule has 0 fully saturated rings. The van der Waals surface area contributed by atoms with E-state index in [9.17, 15) is 14.7 Å². The van der Waals surface area contributed by atoms with E-state index in [1.807, 2.05) is 30.3 Å². The van der Waals surface area contributed by atoms with E-state index in [0.717, 1.165) is 17.1 Å². The average molecular weight is 367 g/mol. The van der Waals surface area contributed by atoms with Crippen molar-refractivity contribution in [2.75, 3.05) is 5.32 Å². The Kier molecular flexibility index (Phi) is 5.28. The van der Waals surface area contributed by atoms with Gasteiger partial charge in [0.05, 0.1) is 17.6 Å². The van der Waals surface area contributed by atoms with Crippen LogP contribution >= 0.6 is 11.3 Å². The maximum Gasteiger partial charge on any atom is 0.234 e. The number of carbonyl (C=O) groups is 2. The summed E-state index contributed by atoms with van der Waals surface area (Å²) < 4.78 is 5.70. The quantitative estimate of drug-likeness (QED) is 0.723. The van der Waals surface area contributed by atoms with Crippen molar-refractivity contribution in [1.29, 1.82) is 0 Å².